The number of hydrogen-bond donors (Lipinski definition) is 0. The van der Waals surface area contributed by atoms with E-state index in [9.17, 15) is 18.0 Å². The van der Waals surface area contributed by atoms with Crippen LogP contribution in [0.25, 0.3) is 0 Å². The molecule has 2 rings (SSSR count). The Kier molecular flexibility index (Phi) is 3.96. The normalized spacial score (nSPS) is 10.6. The van der Waals surface area contributed by atoms with E-state index in [2.05, 4.69) is 15.9 Å². The van der Waals surface area contributed by atoms with E-state index in [0.717, 1.165) is 0 Å². The molecule has 0 unspecified atom stereocenters. The quantitative estimate of drug-likeness (QED) is 0.565. The molecular formula is C13H5BrClF3O. The highest BCUT2D eigenvalue weighted by Gasteiger charge is 2.18. The first-order valence-electron chi connectivity index (χ1n) is 5.04. The summed E-state index contributed by atoms with van der Waals surface area (Å²) in [7, 11) is 0. The third kappa shape index (κ3) is 2.82. The van der Waals surface area contributed by atoms with Crippen LogP contribution in [-0.4, -0.2) is 5.78 Å². The van der Waals surface area contributed by atoms with Gasteiger partial charge in [0.05, 0.1) is 10.6 Å². The number of ketones is 1. The summed E-state index contributed by atoms with van der Waals surface area (Å²) in [6.45, 7) is 0. The van der Waals surface area contributed by atoms with Crippen LogP contribution < -0.4 is 0 Å². The van der Waals surface area contributed by atoms with Crippen molar-refractivity contribution >= 4 is 33.3 Å². The zero-order valence-corrected chi connectivity index (χ0v) is 11.5. The molecule has 0 fully saturated rings. The van der Waals surface area contributed by atoms with Gasteiger partial charge in [0.15, 0.2) is 17.4 Å². The third-order valence-electron chi connectivity index (χ3n) is 2.44. The zero-order chi connectivity index (χ0) is 14.2. The number of hydrogen-bond acceptors (Lipinski definition) is 1. The number of benzene rings is 2. The molecule has 0 saturated carbocycles. The molecule has 1 nitrogen and oxygen atoms in total. The SMILES string of the molecule is O=C(c1ccc(Br)c(Cl)c1)c1cc(F)c(F)cc1F. The summed E-state index contributed by atoms with van der Waals surface area (Å²) >= 11 is 8.96. The zero-order valence-electron chi connectivity index (χ0n) is 9.18. The largest absolute Gasteiger partial charge is 0.288 e. The van der Waals surface area contributed by atoms with Gasteiger partial charge < -0.3 is 0 Å². The summed E-state index contributed by atoms with van der Waals surface area (Å²) in [6.07, 6.45) is 0. The molecule has 0 heterocycles. The molecule has 6 heteroatoms. The van der Waals surface area contributed by atoms with Gasteiger partial charge in [-0.3, -0.25) is 4.79 Å². The van der Waals surface area contributed by atoms with Crippen molar-refractivity contribution in [3.8, 4) is 0 Å². The van der Waals surface area contributed by atoms with Crippen LogP contribution in [0.15, 0.2) is 34.8 Å². The summed E-state index contributed by atoms with van der Waals surface area (Å²) in [6, 6.07) is 5.09. The lowest BCUT2D eigenvalue weighted by Gasteiger charge is -2.05. The second kappa shape index (κ2) is 5.35. The number of rotatable bonds is 2. The molecule has 0 N–H and O–H groups in total. The van der Waals surface area contributed by atoms with Gasteiger partial charge in [-0.05, 0) is 40.2 Å². The van der Waals surface area contributed by atoms with Crippen LogP contribution in [0.1, 0.15) is 15.9 Å². The van der Waals surface area contributed by atoms with E-state index in [1.807, 2.05) is 0 Å². The lowest BCUT2D eigenvalue weighted by atomic mass is 10.0. The summed E-state index contributed by atoms with van der Waals surface area (Å²) in [5.74, 6) is -4.52. The van der Waals surface area contributed by atoms with Gasteiger partial charge in [-0.2, -0.15) is 0 Å². The van der Waals surface area contributed by atoms with Crippen LogP contribution in [0, 0.1) is 17.5 Å². The first-order chi connectivity index (χ1) is 8.90. The maximum absolute atomic E-state index is 13.5. The van der Waals surface area contributed by atoms with Crippen molar-refractivity contribution in [2.45, 2.75) is 0 Å². The standard InChI is InChI=1S/C13H5BrClF3O/c14-8-2-1-6(3-9(8)15)13(19)7-4-11(17)12(18)5-10(7)16/h1-5H. The Balaban J connectivity index is 2.49. The van der Waals surface area contributed by atoms with Crippen molar-refractivity contribution in [1.29, 1.82) is 0 Å². The van der Waals surface area contributed by atoms with Gasteiger partial charge in [0.2, 0.25) is 0 Å². The van der Waals surface area contributed by atoms with Crippen molar-refractivity contribution in [2.75, 3.05) is 0 Å². The molecule has 2 aromatic rings. The maximum atomic E-state index is 13.5. The van der Waals surface area contributed by atoms with Crippen molar-refractivity contribution in [3.05, 3.63) is 68.4 Å². The average molecular weight is 350 g/mol. The second-order valence-electron chi connectivity index (χ2n) is 3.70. The lowest BCUT2D eigenvalue weighted by molar-refractivity contribution is 0.103. The maximum Gasteiger partial charge on any atom is 0.196 e. The van der Waals surface area contributed by atoms with E-state index >= 15 is 0 Å². The molecule has 0 aromatic heterocycles. The molecule has 0 spiro atoms. The predicted octanol–water partition coefficient (Wildman–Crippen LogP) is 4.75. The van der Waals surface area contributed by atoms with E-state index < -0.39 is 28.8 Å². The minimum Gasteiger partial charge on any atom is -0.288 e. The fraction of sp³-hybridized carbons (Fsp3) is 0. The van der Waals surface area contributed by atoms with Crippen molar-refractivity contribution in [1.82, 2.24) is 0 Å². The molecule has 0 aliphatic carbocycles. The van der Waals surface area contributed by atoms with Gasteiger partial charge in [0.25, 0.3) is 0 Å². The Bertz CT molecular complexity index is 673. The minimum atomic E-state index is -1.34. The van der Waals surface area contributed by atoms with E-state index in [1.165, 1.54) is 18.2 Å². The Morgan fingerprint density at radius 2 is 1.63 bits per heavy atom. The van der Waals surface area contributed by atoms with Crippen molar-refractivity contribution in [3.63, 3.8) is 0 Å². The average Bonchev–Trinajstić information content (AvgIpc) is 2.36. The smallest absolute Gasteiger partial charge is 0.196 e. The fourth-order valence-corrected chi connectivity index (χ4v) is 1.92. The summed E-state index contributed by atoms with van der Waals surface area (Å²) in [5, 5.41) is 0.258. The Morgan fingerprint density at radius 1 is 1.00 bits per heavy atom. The fourth-order valence-electron chi connectivity index (χ4n) is 1.49. The molecule has 2 aromatic carbocycles. The van der Waals surface area contributed by atoms with Crippen LogP contribution >= 0.6 is 27.5 Å². The first-order valence-corrected chi connectivity index (χ1v) is 6.21. The van der Waals surface area contributed by atoms with Gasteiger partial charge in [-0.25, -0.2) is 13.2 Å². The second-order valence-corrected chi connectivity index (χ2v) is 4.97. The molecule has 19 heavy (non-hydrogen) atoms. The number of carbonyl (C=O) groups excluding carboxylic acids is 1. The molecule has 98 valence electrons. The minimum absolute atomic E-state index is 0.0816. The van der Waals surface area contributed by atoms with Crippen LogP contribution in [0.5, 0.6) is 0 Å². The van der Waals surface area contributed by atoms with E-state index in [-0.39, 0.29) is 10.6 Å². The van der Waals surface area contributed by atoms with Crippen LogP contribution in [0.4, 0.5) is 13.2 Å². The number of carbonyl (C=O) groups is 1. The monoisotopic (exact) mass is 348 g/mol. The van der Waals surface area contributed by atoms with Gasteiger partial charge in [-0.1, -0.05) is 11.6 Å². The van der Waals surface area contributed by atoms with Gasteiger partial charge >= 0.3 is 0 Å². The highest BCUT2D eigenvalue weighted by molar-refractivity contribution is 9.10. The molecular weight excluding hydrogens is 344 g/mol. The molecule has 0 aliphatic rings. The van der Waals surface area contributed by atoms with Crippen LogP contribution in [-0.2, 0) is 0 Å². The van der Waals surface area contributed by atoms with Crippen LogP contribution in [0.2, 0.25) is 5.02 Å². The van der Waals surface area contributed by atoms with Crippen molar-refractivity contribution < 1.29 is 18.0 Å². The predicted molar refractivity (Wildman–Crippen MR) is 68.9 cm³/mol. The highest BCUT2D eigenvalue weighted by atomic mass is 79.9. The van der Waals surface area contributed by atoms with Crippen molar-refractivity contribution in [2.24, 2.45) is 0 Å². The van der Waals surface area contributed by atoms with Gasteiger partial charge in [-0.15, -0.1) is 0 Å². The summed E-state index contributed by atoms with van der Waals surface area (Å²) < 4.78 is 39.9. The first kappa shape index (κ1) is 14.1. The summed E-state index contributed by atoms with van der Waals surface area (Å²) in [5.41, 5.74) is -0.463. The Hall–Kier alpha value is -1.33. The lowest BCUT2D eigenvalue weighted by Crippen LogP contribution is -2.06. The molecule has 0 amide bonds. The molecule has 0 aliphatic heterocycles. The Labute approximate surface area is 120 Å². The number of halogens is 5. The molecule has 0 bridgehead atoms. The van der Waals surface area contributed by atoms with Gasteiger partial charge in [0.1, 0.15) is 5.82 Å². The molecule has 0 saturated heterocycles. The van der Waals surface area contributed by atoms with Gasteiger partial charge in [0, 0.05) is 16.1 Å². The molecule has 0 atom stereocenters. The molecule has 0 radical (unpaired) electrons. The van der Waals surface area contributed by atoms with E-state index in [1.54, 1.807) is 0 Å². The third-order valence-corrected chi connectivity index (χ3v) is 3.67. The highest BCUT2D eigenvalue weighted by Crippen LogP contribution is 2.25. The van der Waals surface area contributed by atoms with E-state index in [4.69, 9.17) is 11.6 Å². The Morgan fingerprint density at radius 3 is 2.26 bits per heavy atom. The summed E-state index contributed by atoms with van der Waals surface area (Å²) in [4.78, 5) is 12.0. The topological polar surface area (TPSA) is 17.1 Å². The van der Waals surface area contributed by atoms with E-state index in [0.29, 0.717) is 16.6 Å². The van der Waals surface area contributed by atoms with Crippen LogP contribution in [0.3, 0.4) is 0 Å².